The number of thioether (sulfide) groups is 1. The van der Waals surface area contributed by atoms with Gasteiger partial charge in [-0.2, -0.15) is 0 Å². The van der Waals surface area contributed by atoms with E-state index in [0.717, 1.165) is 22.8 Å². The third-order valence-electron chi connectivity index (χ3n) is 3.09. The number of anilines is 1. The topological polar surface area (TPSA) is 59.6 Å². The van der Waals surface area contributed by atoms with Crippen LogP contribution >= 0.6 is 47.3 Å². The first-order valence-corrected chi connectivity index (χ1v) is 8.73. The van der Waals surface area contributed by atoms with E-state index in [2.05, 4.69) is 10.3 Å². The highest BCUT2D eigenvalue weighted by atomic mass is 127. The molecule has 0 aliphatic rings. The molecule has 2 rings (SSSR count). The summed E-state index contributed by atoms with van der Waals surface area (Å²) in [5.74, 6) is 1.61. The largest absolute Gasteiger partial charge is 0.495 e. The smallest absolute Gasteiger partial charge is 0.193 e. The lowest BCUT2D eigenvalue weighted by atomic mass is 10.3. The molecule has 8 heteroatoms. The second-order valence-corrected chi connectivity index (χ2v) is 6.47. The van der Waals surface area contributed by atoms with Crippen LogP contribution in [0.5, 0.6) is 5.75 Å². The highest BCUT2D eigenvalue weighted by Crippen LogP contribution is 2.27. The standard InChI is InChI=1S/C17H19ClFN3OS.HI/c1-23-16-8-5-13(11-15(16)18)22-17(20)21-9-2-10-24-14-6-3-12(19)4-7-14;/h3-8,11H,2,9-10H2,1H3,(H3,20,21,22);1H. The molecule has 0 heterocycles. The first-order chi connectivity index (χ1) is 11.6. The van der Waals surface area contributed by atoms with Gasteiger partial charge < -0.3 is 15.8 Å². The van der Waals surface area contributed by atoms with E-state index in [1.54, 1.807) is 43.1 Å². The van der Waals surface area contributed by atoms with Crippen LogP contribution in [-0.4, -0.2) is 25.4 Å². The number of ether oxygens (including phenoxy) is 1. The fourth-order valence-electron chi connectivity index (χ4n) is 1.92. The van der Waals surface area contributed by atoms with Crippen molar-refractivity contribution in [2.24, 2.45) is 10.7 Å². The molecule has 2 aromatic rings. The van der Waals surface area contributed by atoms with Crippen LogP contribution < -0.4 is 15.8 Å². The Balaban J connectivity index is 0.00000312. The molecule has 3 N–H and O–H groups in total. The minimum absolute atomic E-state index is 0. The van der Waals surface area contributed by atoms with Crippen molar-refractivity contribution < 1.29 is 9.13 Å². The van der Waals surface area contributed by atoms with E-state index in [9.17, 15) is 4.39 Å². The number of halogens is 3. The minimum atomic E-state index is -0.221. The zero-order valence-electron chi connectivity index (χ0n) is 13.7. The van der Waals surface area contributed by atoms with Crippen molar-refractivity contribution in [3.8, 4) is 5.75 Å². The number of benzene rings is 2. The van der Waals surface area contributed by atoms with Gasteiger partial charge in [-0.3, -0.25) is 4.99 Å². The normalized spacial score (nSPS) is 10.9. The lowest BCUT2D eigenvalue weighted by Crippen LogP contribution is -2.22. The molecule has 0 spiro atoms. The minimum Gasteiger partial charge on any atom is -0.495 e. The summed E-state index contributed by atoms with van der Waals surface area (Å²) < 4.78 is 17.9. The van der Waals surface area contributed by atoms with E-state index in [4.69, 9.17) is 22.1 Å². The number of hydrogen-bond donors (Lipinski definition) is 2. The Bertz CT molecular complexity index is 701. The summed E-state index contributed by atoms with van der Waals surface area (Å²) in [6.07, 6.45) is 0.869. The van der Waals surface area contributed by atoms with Gasteiger partial charge >= 0.3 is 0 Å². The van der Waals surface area contributed by atoms with E-state index < -0.39 is 0 Å². The fourth-order valence-corrected chi connectivity index (χ4v) is 3.01. The molecule has 0 aromatic heterocycles. The zero-order chi connectivity index (χ0) is 17.4. The molecule has 0 fully saturated rings. The Morgan fingerprint density at radius 3 is 2.64 bits per heavy atom. The average Bonchev–Trinajstić information content (AvgIpc) is 2.56. The molecular formula is C17H20ClFIN3OS. The lowest BCUT2D eigenvalue weighted by Gasteiger charge is -2.08. The molecule has 0 radical (unpaired) electrons. The van der Waals surface area contributed by atoms with Crippen LogP contribution in [0.3, 0.4) is 0 Å². The molecular weight excluding hydrogens is 476 g/mol. The van der Waals surface area contributed by atoms with Gasteiger partial charge in [0.2, 0.25) is 0 Å². The first kappa shape index (κ1) is 21.9. The van der Waals surface area contributed by atoms with Gasteiger partial charge in [-0.05, 0) is 54.6 Å². The van der Waals surface area contributed by atoms with Gasteiger partial charge in [-0.25, -0.2) is 4.39 Å². The summed E-state index contributed by atoms with van der Waals surface area (Å²) in [7, 11) is 1.56. The maximum atomic E-state index is 12.8. The number of methoxy groups -OCH3 is 1. The predicted octanol–water partition coefficient (Wildman–Crippen LogP) is 5.01. The molecule has 0 bridgehead atoms. The summed E-state index contributed by atoms with van der Waals surface area (Å²) in [6, 6.07) is 11.8. The summed E-state index contributed by atoms with van der Waals surface area (Å²) in [5.41, 5.74) is 6.60. The van der Waals surface area contributed by atoms with Gasteiger partial charge in [0.05, 0.1) is 12.1 Å². The van der Waals surface area contributed by atoms with Crippen LogP contribution in [0, 0.1) is 5.82 Å². The van der Waals surface area contributed by atoms with Crippen molar-refractivity contribution in [3.63, 3.8) is 0 Å². The van der Waals surface area contributed by atoms with Crippen LogP contribution in [0.4, 0.5) is 10.1 Å². The highest BCUT2D eigenvalue weighted by molar-refractivity contribution is 14.0. The number of hydrogen-bond acceptors (Lipinski definition) is 3. The van der Waals surface area contributed by atoms with Crippen molar-refractivity contribution in [1.82, 2.24) is 0 Å². The SMILES string of the molecule is COc1ccc(NC(N)=NCCCSc2ccc(F)cc2)cc1Cl.I. The van der Waals surface area contributed by atoms with Crippen molar-refractivity contribution in [1.29, 1.82) is 0 Å². The highest BCUT2D eigenvalue weighted by Gasteiger charge is 2.02. The van der Waals surface area contributed by atoms with Gasteiger partial charge in [0.1, 0.15) is 11.6 Å². The quantitative estimate of drug-likeness (QED) is 0.186. The Kier molecular flexibility index (Phi) is 9.99. The number of nitrogens with zero attached hydrogens (tertiary/aromatic N) is 1. The molecule has 0 unspecified atom stereocenters. The molecule has 0 amide bonds. The van der Waals surface area contributed by atoms with Crippen LogP contribution in [0.2, 0.25) is 5.02 Å². The molecule has 4 nitrogen and oxygen atoms in total. The Labute approximate surface area is 173 Å². The second kappa shape index (κ2) is 11.4. The third kappa shape index (κ3) is 7.70. The predicted molar refractivity (Wildman–Crippen MR) is 115 cm³/mol. The summed E-state index contributed by atoms with van der Waals surface area (Å²) >= 11 is 7.72. The van der Waals surface area contributed by atoms with Gasteiger partial charge in [-0.15, -0.1) is 35.7 Å². The Hall–Kier alpha value is -1.19. The van der Waals surface area contributed by atoms with E-state index in [1.165, 1.54) is 12.1 Å². The zero-order valence-corrected chi connectivity index (χ0v) is 17.6. The molecule has 136 valence electrons. The Morgan fingerprint density at radius 1 is 1.28 bits per heavy atom. The molecule has 2 aromatic carbocycles. The van der Waals surface area contributed by atoms with Crippen LogP contribution in [0.15, 0.2) is 52.4 Å². The van der Waals surface area contributed by atoms with Crippen molar-refractivity contribution in [3.05, 3.63) is 53.3 Å². The molecule has 0 saturated heterocycles. The van der Waals surface area contributed by atoms with E-state index in [-0.39, 0.29) is 29.8 Å². The molecule has 25 heavy (non-hydrogen) atoms. The van der Waals surface area contributed by atoms with Crippen molar-refractivity contribution in [2.45, 2.75) is 11.3 Å². The van der Waals surface area contributed by atoms with E-state index in [1.807, 2.05) is 6.07 Å². The number of aliphatic imine (C=N–C) groups is 1. The number of nitrogens with one attached hydrogen (secondary N) is 1. The lowest BCUT2D eigenvalue weighted by molar-refractivity contribution is 0.415. The fraction of sp³-hybridized carbons (Fsp3) is 0.235. The maximum absolute atomic E-state index is 12.8. The second-order valence-electron chi connectivity index (χ2n) is 4.90. The maximum Gasteiger partial charge on any atom is 0.193 e. The number of nitrogens with two attached hydrogens (primary N) is 1. The monoisotopic (exact) mass is 495 g/mol. The summed E-state index contributed by atoms with van der Waals surface area (Å²) in [5, 5.41) is 3.49. The van der Waals surface area contributed by atoms with E-state index >= 15 is 0 Å². The molecule has 0 aliphatic heterocycles. The summed E-state index contributed by atoms with van der Waals surface area (Å²) in [4.78, 5) is 5.31. The van der Waals surface area contributed by atoms with Gasteiger partial charge in [0, 0.05) is 17.1 Å². The Morgan fingerprint density at radius 2 is 2.00 bits per heavy atom. The van der Waals surface area contributed by atoms with Crippen LogP contribution in [0.25, 0.3) is 0 Å². The van der Waals surface area contributed by atoms with Gasteiger partial charge in [0.15, 0.2) is 5.96 Å². The van der Waals surface area contributed by atoms with Gasteiger partial charge in [0.25, 0.3) is 0 Å². The molecule has 0 saturated carbocycles. The summed E-state index contributed by atoms with van der Waals surface area (Å²) in [6.45, 7) is 0.608. The molecule has 0 atom stereocenters. The molecule has 0 aliphatic carbocycles. The van der Waals surface area contributed by atoms with Crippen LogP contribution in [0.1, 0.15) is 6.42 Å². The van der Waals surface area contributed by atoms with Crippen molar-refractivity contribution >= 4 is 59.0 Å². The number of rotatable bonds is 7. The first-order valence-electron chi connectivity index (χ1n) is 7.37. The van der Waals surface area contributed by atoms with Crippen molar-refractivity contribution in [2.75, 3.05) is 24.7 Å². The number of guanidine groups is 1. The van der Waals surface area contributed by atoms with E-state index in [0.29, 0.717) is 23.3 Å². The van der Waals surface area contributed by atoms with Gasteiger partial charge in [-0.1, -0.05) is 11.6 Å². The van der Waals surface area contributed by atoms with Crippen LogP contribution in [-0.2, 0) is 0 Å². The third-order valence-corrected chi connectivity index (χ3v) is 4.48. The average molecular weight is 496 g/mol.